The van der Waals surface area contributed by atoms with Crippen molar-refractivity contribution in [2.75, 3.05) is 18.4 Å². The molecule has 4 heteroatoms. The summed E-state index contributed by atoms with van der Waals surface area (Å²) in [5, 5.41) is 8.34. The standard InChI is InChI=1S/C26H29N3O/c1-2-14-28-22-11-12-26-25(17-22)21(19-29-26)13-15-27-18-20-7-6-10-24(16-20)30-23-8-4-3-5-9-23/h3-12,16-17,19,27-29H,2,13-15,18H2,1H3. The first-order valence-corrected chi connectivity index (χ1v) is 10.7. The highest BCUT2D eigenvalue weighted by Gasteiger charge is 2.05. The predicted molar refractivity (Wildman–Crippen MR) is 125 cm³/mol. The van der Waals surface area contributed by atoms with Gasteiger partial charge in [0.2, 0.25) is 0 Å². The van der Waals surface area contributed by atoms with Crippen LogP contribution in [0.25, 0.3) is 10.9 Å². The van der Waals surface area contributed by atoms with Gasteiger partial charge in [0.05, 0.1) is 0 Å². The van der Waals surface area contributed by atoms with Crippen molar-refractivity contribution >= 4 is 16.6 Å². The van der Waals surface area contributed by atoms with Crippen LogP contribution in [-0.2, 0) is 13.0 Å². The number of aromatic amines is 1. The number of rotatable bonds is 10. The average Bonchev–Trinajstić information content (AvgIpc) is 3.18. The number of anilines is 1. The van der Waals surface area contributed by atoms with Gasteiger partial charge < -0.3 is 20.4 Å². The van der Waals surface area contributed by atoms with Crippen LogP contribution < -0.4 is 15.4 Å². The molecule has 0 spiro atoms. The normalized spacial score (nSPS) is 11.0. The van der Waals surface area contributed by atoms with E-state index in [1.54, 1.807) is 0 Å². The monoisotopic (exact) mass is 399 g/mol. The zero-order chi connectivity index (χ0) is 20.6. The Bertz CT molecular complexity index is 1070. The second kappa shape index (κ2) is 9.99. The highest BCUT2D eigenvalue weighted by molar-refractivity contribution is 5.86. The van der Waals surface area contributed by atoms with Crippen LogP contribution in [0.5, 0.6) is 11.5 Å². The SMILES string of the molecule is CCCNc1ccc2[nH]cc(CCNCc3cccc(Oc4ccccc4)c3)c2c1. The molecule has 1 heterocycles. The fourth-order valence-electron chi connectivity index (χ4n) is 3.56. The van der Waals surface area contributed by atoms with Crippen LogP contribution in [0, 0.1) is 0 Å². The van der Waals surface area contributed by atoms with E-state index >= 15 is 0 Å². The molecule has 0 unspecified atom stereocenters. The molecule has 0 saturated heterocycles. The first-order chi connectivity index (χ1) is 14.8. The summed E-state index contributed by atoms with van der Waals surface area (Å²) in [5.41, 5.74) is 4.94. The van der Waals surface area contributed by atoms with Crippen LogP contribution in [0.1, 0.15) is 24.5 Å². The first kappa shape index (κ1) is 20.0. The lowest BCUT2D eigenvalue weighted by Crippen LogP contribution is -2.16. The van der Waals surface area contributed by atoms with Gasteiger partial charge in [0.1, 0.15) is 11.5 Å². The van der Waals surface area contributed by atoms with Gasteiger partial charge in [0.15, 0.2) is 0 Å². The Morgan fingerprint density at radius 2 is 1.73 bits per heavy atom. The van der Waals surface area contributed by atoms with Crippen molar-refractivity contribution in [3.05, 3.63) is 90.1 Å². The number of hydrogen-bond donors (Lipinski definition) is 3. The number of aromatic nitrogens is 1. The molecule has 154 valence electrons. The lowest BCUT2D eigenvalue weighted by Gasteiger charge is -2.09. The summed E-state index contributed by atoms with van der Waals surface area (Å²) in [6.45, 7) is 4.92. The van der Waals surface area contributed by atoms with Gasteiger partial charge in [-0.15, -0.1) is 0 Å². The highest BCUT2D eigenvalue weighted by Crippen LogP contribution is 2.23. The van der Waals surface area contributed by atoms with E-state index in [1.165, 1.54) is 27.7 Å². The number of ether oxygens (including phenoxy) is 1. The van der Waals surface area contributed by atoms with Crippen LogP contribution in [0.15, 0.2) is 79.0 Å². The van der Waals surface area contributed by atoms with Crippen LogP contribution >= 0.6 is 0 Å². The van der Waals surface area contributed by atoms with Crippen molar-refractivity contribution in [2.24, 2.45) is 0 Å². The van der Waals surface area contributed by atoms with Crippen molar-refractivity contribution in [3.63, 3.8) is 0 Å². The van der Waals surface area contributed by atoms with Crippen LogP contribution in [-0.4, -0.2) is 18.1 Å². The fourth-order valence-corrected chi connectivity index (χ4v) is 3.56. The van der Waals surface area contributed by atoms with E-state index in [9.17, 15) is 0 Å². The first-order valence-electron chi connectivity index (χ1n) is 10.7. The Balaban J connectivity index is 1.31. The summed E-state index contributed by atoms with van der Waals surface area (Å²) in [7, 11) is 0. The summed E-state index contributed by atoms with van der Waals surface area (Å²) >= 11 is 0. The van der Waals surface area contributed by atoms with Crippen LogP contribution in [0.4, 0.5) is 5.69 Å². The molecular weight excluding hydrogens is 370 g/mol. The fraction of sp³-hybridized carbons (Fsp3) is 0.231. The third kappa shape index (κ3) is 5.22. The van der Waals surface area contributed by atoms with E-state index in [0.717, 1.165) is 44.0 Å². The molecule has 0 aliphatic rings. The molecule has 0 atom stereocenters. The summed E-state index contributed by atoms with van der Waals surface area (Å²) in [6, 6.07) is 24.7. The smallest absolute Gasteiger partial charge is 0.127 e. The average molecular weight is 400 g/mol. The molecular formula is C26H29N3O. The summed E-state index contributed by atoms with van der Waals surface area (Å²) in [4.78, 5) is 3.39. The Morgan fingerprint density at radius 3 is 2.60 bits per heavy atom. The van der Waals surface area contributed by atoms with Crippen LogP contribution in [0.2, 0.25) is 0 Å². The molecule has 4 nitrogen and oxygen atoms in total. The quantitative estimate of drug-likeness (QED) is 0.282. The Morgan fingerprint density at radius 1 is 0.867 bits per heavy atom. The lowest BCUT2D eigenvalue weighted by atomic mass is 10.1. The topological polar surface area (TPSA) is 49.1 Å². The van der Waals surface area contributed by atoms with E-state index in [4.69, 9.17) is 4.74 Å². The number of H-pyrrole nitrogens is 1. The lowest BCUT2D eigenvalue weighted by molar-refractivity contribution is 0.481. The molecule has 4 rings (SSSR count). The summed E-state index contributed by atoms with van der Waals surface area (Å²) in [5.74, 6) is 1.72. The van der Waals surface area contributed by atoms with Gasteiger partial charge in [-0.2, -0.15) is 0 Å². The molecule has 3 N–H and O–H groups in total. The van der Waals surface area contributed by atoms with Gasteiger partial charge in [0, 0.05) is 35.9 Å². The van der Waals surface area contributed by atoms with Gasteiger partial charge >= 0.3 is 0 Å². The van der Waals surface area contributed by atoms with E-state index in [1.807, 2.05) is 42.5 Å². The molecule has 0 saturated carbocycles. The maximum absolute atomic E-state index is 5.93. The third-order valence-electron chi connectivity index (χ3n) is 5.12. The van der Waals surface area contributed by atoms with Crippen molar-refractivity contribution in [1.82, 2.24) is 10.3 Å². The van der Waals surface area contributed by atoms with Gasteiger partial charge in [-0.25, -0.2) is 0 Å². The summed E-state index contributed by atoms with van der Waals surface area (Å²) in [6.07, 6.45) is 4.24. The maximum atomic E-state index is 5.93. The minimum absolute atomic E-state index is 0.817. The molecule has 30 heavy (non-hydrogen) atoms. The van der Waals surface area contributed by atoms with Crippen LogP contribution in [0.3, 0.4) is 0 Å². The molecule has 1 aromatic heterocycles. The molecule has 4 aromatic rings. The minimum atomic E-state index is 0.817. The Hall–Kier alpha value is -3.24. The van der Waals surface area contributed by atoms with E-state index in [0.29, 0.717) is 0 Å². The van der Waals surface area contributed by atoms with E-state index in [2.05, 4.69) is 59.1 Å². The number of hydrogen-bond acceptors (Lipinski definition) is 3. The number of para-hydroxylation sites is 1. The predicted octanol–water partition coefficient (Wildman–Crippen LogP) is 6.11. The molecule has 0 bridgehead atoms. The van der Waals surface area contributed by atoms with E-state index < -0.39 is 0 Å². The third-order valence-corrected chi connectivity index (χ3v) is 5.12. The van der Waals surface area contributed by atoms with Gasteiger partial charge in [0.25, 0.3) is 0 Å². The largest absolute Gasteiger partial charge is 0.457 e. The van der Waals surface area contributed by atoms with E-state index in [-0.39, 0.29) is 0 Å². The molecule has 0 aliphatic carbocycles. The Labute approximate surface area is 178 Å². The molecule has 0 aliphatic heterocycles. The maximum Gasteiger partial charge on any atom is 0.127 e. The highest BCUT2D eigenvalue weighted by atomic mass is 16.5. The zero-order valence-corrected chi connectivity index (χ0v) is 17.4. The Kier molecular flexibility index (Phi) is 6.68. The second-order valence-corrected chi connectivity index (χ2v) is 7.49. The van der Waals surface area contributed by atoms with Crippen molar-refractivity contribution in [1.29, 1.82) is 0 Å². The zero-order valence-electron chi connectivity index (χ0n) is 17.4. The molecule has 0 radical (unpaired) electrons. The van der Waals surface area contributed by atoms with Gasteiger partial charge in [-0.3, -0.25) is 0 Å². The number of fused-ring (bicyclic) bond motifs is 1. The number of nitrogens with one attached hydrogen (secondary N) is 3. The number of benzene rings is 3. The van der Waals surface area contributed by atoms with Gasteiger partial charge in [-0.1, -0.05) is 37.3 Å². The van der Waals surface area contributed by atoms with Crippen molar-refractivity contribution in [3.8, 4) is 11.5 Å². The van der Waals surface area contributed by atoms with Gasteiger partial charge in [-0.05, 0) is 73.0 Å². The molecule has 0 amide bonds. The molecule has 3 aromatic carbocycles. The summed E-state index contributed by atoms with van der Waals surface area (Å²) < 4.78 is 5.93. The van der Waals surface area contributed by atoms with Crippen molar-refractivity contribution < 1.29 is 4.74 Å². The second-order valence-electron chi connectivity index (χ2n) is 7.49. The van der Waals surface area contributed by atoms with Crippen molar-refractivity contribution in [2.45, 2.75) is 26.3 Å². The minimum Gasteiger partial charge on any atom is -0.457 e. The molecule has 0 fully saturated rings.